The van der Waals surface area contributed by atoms with E-state index in [1.54, 1.807) is 11.3 Å². The molecule has 5 heteroatoms. The molecule has 1 unspecified atom stereocenters. The van der Waals surface area contributed by atoms with Gasteiger partial charge in [0.05, 0.1) is 6.61 Å². The molecule has 102 valence electrons. The van der Waals surface area contributed by atoms with Gasteiger partial charge in [0.2, 0.25) is 0 Å². The van der Waals surface area contributed by atoms with Crippen LogP contribution in [0.15, 0.2) is 6.20 Å². The molecule has 1 aromatic rings. The van der Waals surface area contributed by atoms with Gasteiger partial charge < -0.3 is 15.0 Å². The maximum absolute atomic E-state index is 5.37. The summed E-state index contributed by atoms with van der Waals surface area (Å²) in [6.07, 6.45) is 3.19. The van der Waals surface area contributed by atoms with Crippen molar-refractivity contribution in [2.24, 2.45) is 5.92 Å². The fourth-order valence-electron chi connectivity index (χ4n) is 2.16. The second-order valence-electron chi connectivity index (χ2n) is 4.64. The van der Waals surface area contributed by atoms with E-state index in [0.717, 1.165) is 44.5 Å². The average Bonchev–Trinajstić information content (AvgIpc) is 3.03. The summed E-state index contributed by atoms with van der Waals surface area (Å²) in [6.45, 7) is 10.2. The topological polar surface area (TPSA) is 37.4 Å². The van der Waals surface area contributed by atoms with E-state index in [2.05, 4.69) is 29.0 Å². The summed E-state index contributed by atoms with van der Waals surface area (Å²) in [6, 6.07) is 0. The molecule has 18 heavy (non-hydrogen) atoms. The van der Waals surface area contributed by atoms with Gasteiger partial charge in [-0.2, -0.15) is 0 Å². The lowest BCUT2D eigenvalue weighted by Crippen LogP contribution is -2.22. The van der Waals surface area contributed by atoms with Crippen molar-refractivity contribution >= 4 is 16.5 Å². The Balaban J connectivity index is 1.75. The third kappa shape index (κ3) is 3.67. The Labute approximate surface area is 113 Å². The van der Waals surface area contributed by atoms with Crippen LogP contribution in [0.5, 0.6) is 0 Å². The molecule has 1 fully saturated rings. The van der Waals surface area contributed by atoms with Gasteiger partial charge in [-0.3, -0.25) is 0 Å². The highest BCUT2D eigenvalue weighted by Crippen LogP contribution is 2.22. The van der Waals surface area contributed by atoms with Crippen LogP contribution in [0, 0.1) is 5.92 Å². The van der Waals surface area contributed by atoms with Crippen LogP contribution in [0.4, 0.5) is 5.13 Å². The van der Waals surface area contributed by atoms with Gasteiger partial charge in [-0.15, -0.1) is 11.3 Å². The van der Waals surface area contributed by atoms with Crippen LogP contribution in [0.2, 0.25) is 0 Å². The number of ether oxygens (including phenoxy) is 1. The molecular weight excluding hydrogens is 246 g/mol. The quantitative estimate of drug-likeness (QED) is 0.823. The molecule has 0 radical (unpaired) electrons. The van der Waals surface area contributed by atoms with Crippen molar-refractivity contribution in [3.8, 4) is 0 Å². The second kappa shape index (κ2) is 7.07. The van der Waals surface area contributed by atoms with E-state index in [1.165, 1.54) is 11.3 Å². The molecular formula is C13H23N3OS. The molecule has 2 rings (SSSR count). The van der Waals surface area contributed by atoms with Crippen LogP contribution < -0.4 is 10.2 Å². The molecule has 1 atom stereocenters. The number of hydrogen-bond acceptors (Lipinski definition) is 5. The van der Waals surface area contributed by atoms with Gasteiger partial charge in [0.1, 0.15) is 0 Å². The number of anilines is 1. The smallest absolute Gasteiger partial charge is 0.185 e. The van der Waals surface area contributed by atoms with Gasteiger partial charge in [-0.25, -0.2) is 4.98 Å². The van der Waals surface area contributed by atoms with E-state index in [9.17, 15) is 0 Å². The maximum atomic E-state index is 5.37. The lowest BCUT2D eigenvalue weighted by molar-refractivity contribution is 0.185. The van der Waals surface area contributed by atoms with Gasteiger partial charge in [-0.05, 0) is 26.2 Å². The molecule has 1 N–H and O–H groups in total. The lowest BCUT2D eigenvalue weighted by Gasteiger charge is -2.16. The minimum absolute atomic E-state index is 0.695. The number of hydrogen-bond donors (Lipinski definition) is 1. The van der Waals surface area contributed by atoms with Crippen molar-refractivity contribution in [3.05, 3.63) is 11.1 Å². The van der Waals surface area contributed by atoms with Gasteiger partial charge in [0.25, 0.3) is 0 Å². The van der Waals surface area contributed by atoms with E-state index in [0.29, 0.717) is 5.92 Å². The third-order valence-corrected chi connectivity index (χ3v) is 4.39. The molecule has 0 amide bonds. The van der Waals surface area contributed by atoms with Crippen molar-refractivity contribution in [3.63, 3.8) is 0 Å². The SMILES string of the molecule is CCN(CC)c1ncc(CNCC2CCOC2)s1. The molecule has 0 saturated carbocycles. The molecule has 1 aliphatic rings. The summed E-state index contributed by atoms with van der Waals surface area (Å²) < 4.78 is 5.37. The third-order valence-electron chi connectivity index (χ3n) is 3.33. The van der Waals surface area contributed by atoms with Crippen molar-refractivity contribution < 1.29 is 4.74 Å². The van der Waals surface area contributed by atoms with Crippen LogP contribution in [0.25, 0.3) is 0 Å². The highest BCUT2D eigenvalue weighted by atomic mass is 32.1. The largest absolute Gasteiger partial charge is 0.381 e. The van der Waals surface area contributed by atoms with Crippen LogP contribution in [0.3, 0.4) is 0 Å². The van der Waals surface area contributed by atoms with Gasteiger partial charge in [-0.1, -0.05) is 0 Å². The summed E-state index contributed by atoms with van der Waals surface area (Å²) in [7, 11) is 0. The Bertz CT molecular complexity index is 346. The highest BCUT2D eigenvalue weighted by molar-refractivity contribution is 7.15. The fraction of sp³-hybridized carbons (Fsp3) is 0.769. The van der Waals surface area contributed by atoms with Crippen LogP contribution in [-0.2, 0) is 11.3 Å². The molecule has 0 spiro atoms. The Morgan fingerprint density at radius 2 is 2.33 bits per heavy atom. The monoisotopic (exact) mass is 269 g/mol. The molecule has 1 aromatic heterocycles. The molecule has 4 nitrogen and oxygen atoms in total. The normalized spacial score (nSPS) is 19.3. The Kier molecular flexibility index (Phi) is 5.41. The standard InChI is InChI=1S/C13H23N3OS/c1-3-16(4-2)13-15-9-12(18-13)8-14-7-11-5-6-17-10-11/h9,11,14H,3-8,10H2,1-2H3. The summed E-state index contributed by atoms with van der Waals surface area (Å²) in [5.41, 5.74) is 0. The van der Waals surface area contributed by atoms with Crippen molar-refractivity contribution in [1.29, 1.82) is 0 Å². The number of nitrogens with zero attached hydrogens (tertiary/aromatic N) is 2. The van der Waals surface area contributed by atoms with Gasteiger partial charge in [0.15, 0.2) is 5.13 Å². The number of thiazole rings is 1. The first-order valence-corrected chi connectivity index (χ1v) is 7.63. The Morgan fingerprint density at radius 1 is 1.50 bits per heavy atom. The Morgan fingerprint density at radius 3 is 3.00 bits per heavy atom. The number of aromatic nitrogens is 1. The first kappa shape index (κ1) is 13.8. The zero-order valence-electron chi connectivity index (χ0n) is 11.3. The minimum Gasteiger partial charge on any atom is -0.381 e. The van der Waals surface area contributed by atoms with Crippen LogP contribution >= 0.6 is 11.3 Å². The molecule has 1 aliphatic heterocycles. The summed E-state index contributed by atoms with van der Waals surface area (Å²) in [5.74, 6) is 0.695. The first-order valence-electron chi connectivity index (χ1n) is 6.81. The molecule has 1 saturated heterocycles. The first-order chi connectivity index (χ1) is 8.83. The zero-order valence-corrected chi connectivity index (χ0v) is 12.1. The van der Waals surface area contributed by atoms with Crippen LogP contribution in [-0.4, -0.2) is 37.8 Å². The van der Waals surface area contributed by atoms with Crippen LogP contribution in [0.1, 0.15) is 25.1 Å². The molecule has 0 aliphatic carbocycles. The van der Waals surface area contributed by atoms with E-state index < -0.39 is 0 Å². The molecule has 2 heterocycles. The number of nitrogens with one attached hydrogen (secondary N) is 1. The van der Waals surface area contributed by atoms with Crippen molar-refractivity contribution in [2.75, 3.05) is 37.7 Å². The average molecular weight is 269 g/mol. The van der Waals surface area contributed by atoms with E-state index in [-0.39, 0.29) is 0 Å². The summed E-state index contributed by atoms with van der Waals surface area (Å²) in [4.78, 5) is 8.09. The molecule has 0 bridgehead atoms. The second-order valence-corrected chi connectivity index (χ2v) is 5.74. The van der Waals surface area contributed by atoms with E-state index in [1.807, 2.05) is 6.20 Å². The highest BCUT2D eigenvalue weighted by Gasteiger charge is 2.15. The minimum atomic E-state index is 0.695. The van der Waals surface area contributed by atoms with Crippen molar-refractivity contribution in [2.45, 2.75) is 26.8 Å². The fourth-order valence-corrected chi connectivity index (χ4v) is 3.17. The summed E-state index contributed by atoms with van der Waals surface area (Å²) in [5, 5.41) is 4.64. The predicted octanol–water partition coefficient (Wildman–Crippen LogP) is 2.12. The molecule has 0 aromatic carbocycles. The van der Waals surface area contributed by atoms with Crippen molar-refractivity contribution in [1.82, 2.24) is 10.3 Å². The Hall–Kier alpha value is -0.650. The predicted molar refractivity (Wildman–Crippen MR) is 76.3 cm³/mol. The summed E-state index contributed by atoms with van der Waals surface area (Å²) >= 11 is 1.79. The van der Waals surface area contributed by atoms with E-state index in [4.69, 9.17) is 4.74 Å². The zero-order chi connectivity index (χ0) is 12.8. The van der Waals surface area contributed by atoms with E-state index >= 15 is 0 Å². The lowest BCUT2D eigenvalue weighted by atomic mass is 10.1. The van der Waals surface area contributed by atoms with Gasteiger partial charge >= 0.3 is 0 Å². The maximum Gasteiger partial charge on any atom is 0.185 e. The number of rotatable bonds is 7. The van der Waals surface area contributed by atoms with Gasteiger partial charge in [0, 0.05) is 43.9 Å².